The zero-order chi connectivity index (χ0) is 26.3. The van der Waals surface area contributed by atoms with Gasteiger partial charge in [-0.05, 0) is 19.3 Å². The molecule has 0 radical (unpaired) electrons. The maximum atomic E-state index is 12.3. The Morgan fingerprint density at radius 1 is 0.857 bits per heavy atom. The Hall–Kier alpha value is -0.850. The first kappa shape index (κ1) is 32.2. The minimum Gasteiger partial charge on any atom is -0.405 e. The van der Waals surface area contributed by atoms with Crippen LogP contribution in [0.1, 0.15) is 96.8 Å². The maximum absolute atomic E-state index is 12.3. The van der Waals surface area contributed by atoms with Crippen LogP contribution in [0.15, 0.2) is 0 Å². The predicted molar refractivity (Wildman–Crippen MR) is 128 cm³/mol. The van der Waals surface area contributed by atoms with Crippen LogP contribution in [0.2, 0.25) is 0 Å². The Labute approximate surface area is 209 Å². The Morgan fingerprint density at radius 3 is 1.89 bits per heavy atom. The summed E-state index contributed by atoms with van der Waals surface area (Å²) in [7, 11) is 1.12. The molecule has 0 bridgehead atoms. The van der Waals surface area contributed by atoms with Gasteiger partial charge in [0.1, 0.15) is 18.3 Å². The zero-order valence-electron chi connectivity index (χ0n) is 21.4. The normalized spacial score (nSPS) is 28.6. The van der Waals surface area contributed by atoms with Crippen molar-refractivity contribution in [1.29, 1.82) is 0 Å². The Morgan fingerprint density at radius 2 is 1.37 bits per heavy atom. The quantitative estimate of drug-likeness (QED) is 0.0855. The van der Waals surface area contributed by atoms with Crippen LogP contribution < -0.4 is 0 Å². The molecule has 0 saturated carbocycles. The largest absolute Gasteiger partial charge is 0.405 e. The lowest BCUT2D eigenvalue weighted by atomic mass is 9.97. The van der Waals surface area contributed by atoms with Crippen LogP contribution in [-0.2, 0) is 19.0 Å². The first-order valence-electron chi connectivity index (χ1n) is 13.2. The van der Waals surface area contributed by atoms with E-state index in [4.69, 9.17) is 14.2 Å². The standard InChI is InChI=1S/C25H48O10/c1-3-4-5-6-8-11-14-18(27)19(28)15-12-9-7-10-13-16-21(29)35-25(33-2)24(32)23(31)22(30)20(17-26)34-25/h18-20,22-24,26-28,30-32H,3-17H2,1-2H3/t18?,19?,20-,22-,23+,24-,25+/m1/s1. The summed E-state index contributed by atoms with van der Waals surface area (Å²) in [6, 6.07) is 0. The highest BCUT2D eigenvalue weighted by molar-refractivity contribution is 5.69. The summed E-state index contributed by atoms with van der Waals surface area (Å²) in [4.78, 5) is 12.3. The Bertz CT molecular complexity index is 560. The SMILES string of the molecule is CCCCCCCCC(O)C(O)CCCCCCCC(=O)O[C@@]1(OC)O[C@H](CO)[C@@H](O)[C@H](O)[C@H]1O. The number of esters is 1. The molecule has 2 unspecified atom stereocenters. The molecule has 1 rings (SSSR count). The molecule has 10 nitrogen and oxygen atoms in total. The van der Waals surface area contributed by atoms with E-state index in [0.29, 0.717) is 19.3 Å². The van der Waals surface area contributed by atoms with Crippen LogP contribution in [0.5, 0.6) is 0 Å². The van der Waals surface area contributed by atoms with Crippen LogP contribution in [0.3, 0.4) is 0 Å². The van der Waals surface area contributed by atoms with Gasteiger partial charge in [0.25, 0.3) is 0 Å². The van der Waals surface area contributed by atoms with Gasteiger partial charge in [0.15, 0.2) is 6.10 Å². The number of hydrogen-bond donors (Lipinski definition) is 6. The van der Waals surface area contributed by atoms with Crippen molar-refractivity contribution in [2.45, 2.75) is 139 Å². The lowest BCUT2D eigenvalue weighted by Crippen LogP contribution is -2.67. The van der Waals surface area contributed by atoms with E-state index in [0.717, 1.165) is 45.6 Å². The van der Waals surface area contributed by atoms with Gasteiger partial charge >= 0.3 is 11.9 Å². The van der Waals surface area contributed by atoms with Gasteiger partial charge in [-0.1, -0.05) is 71.1 Å². The number of ether oxygens (including phenoxy) is 3. The van der Waals surface area contributed by atoms with Gasteiger partial charge in [0, 0.05) is 13.5 Å². The van der Waals surface area contributed by atoms with Gasteiger partial charge in [-0.15, -0.1) is 0 Å². The summed E-state index contributed by atoms with van der Waals surface area (Å²) in [6.45, 7) is 1.51. The van der Waals surface area contributed by atoms with E-state index < -0.39 is 55.2 Å². The summed E-state index contributed by atoms with van der Waals surface area (Å²) in [5.74, 6) is -3.02. The summed E-state index contributed by atoms with van der Waals surface area (Å²) >= 11 is 0. The molecule has 1 aliphatic rings. The molecular formula is C25H48O10. The van der Waals surface area contributed by atoms with Crippen molar-refractivity contribution in [3.8, 4) is 0 Å². The molecule has 0 spiro atoms. The van der Waals surface area contributed by atoms with Crippen molar-refractivity contribution < 1.29 is 49.6 Å². The molecule has 0 aromatic heterocycles. The molecule has 0 aromatic carbocycles. The van der Waals surface area contributed by atoms with E-state index in [1.807, 2.05) is 0 Å². The maximum Gasteiger partial charge on any atom is 0.359 e. The van der Waals surface area contributed by atoms with Crippen LogP contribution in [-0.4, -0.2) is 92.9 Å². The summed E-state index contributed by atoms with van der Waals surface area (Å²) in [5.41, 5.74) is 0. The monoisotopic (exact) mass is 508 g/mol. The smallest absolute Gasteiger partial charge is 0.359 e. The molecule has 1 aliphatic heterocycles. The molecule has 6 N–H and O–H groups in total. The first-order valence-corrected chi connectivity index (χ1v) is 13.2. The average Bonchev–Trinajstić information content (AvgIpc) is 2.85. The molecule has 35 heavy (non-hydrogen) atoms. The first-order chi connectivity index (χ1) is 16.7. The summed E-state index contributed by atoms with van der Waals surface area (Å²) in [5, 5.41) is 59.6. The fraction of sp³-hybridized carbons (Fsp3) is 0.960. The van der Waals surface area contributed by atoms with Gasteiger partial charge in [0.2, 0.25) is 0 Å². The van der Waals surface area contributed by atoms with Crippen LogP contribution in [0.25, 0.3) is 0 Å². The molecule has 0 aliphatic carbocycles. The number of carbonyl (C=O) groups excluding carboxylic acids is 1. The van der Waals surface area contributed by atoms with Gasteiger partial charge in [-0.2, -0.15) is 0 Å². The van der Waals surface area contributed by atoms with Gasteiger partial charge in [-0.3, -0.25) is 4.79 Å². The second-order valence-electron chi connectivity index (χ2n) is 9.54. The van der Waals surface area contributed by atoms with Gasteiger partial charge in [-0.25, -0.2) is 0 Å². The van der Waals surface area contributed by atoms with E-state index in [9.17, 15) is 35.4 Å². The Balaban J connectivity index is 2.20. The number of unbranched alkanes of at least 4 members (excludes halogenated alkanes) is 9. The fourth-order valence-electron chi connectivity index (χ4n) is 4.29. The lowest BCUT2D eigenvalue weighted by molar-refractivity contribution is -0.441. The molecule has 0 amide bonds. The minimum absolute atomic E-state index is 0.0310. The number of carbonyl (C=O) groups is 1. The van der Waals surface area contributed by atoms with E-state index >= 15 is 0 Å². The molecule has 1 saturated heterocycles. The predicted octanol–water partition coefficient (Wildman–Crippen LogP) is 1.51. The van der Waals surface area contributed by atoms with Crippen molar-refractivity contribution in [3.05, 3.63) is 0 Å². The molecule has 10 heteroatoms. The average molecular weight is 509 g/mol. The minimum atomic E-state index is -2.31. The lowest BCUT2D eigenvalue weighted by Gasteiger charge is -2.45. The zero-order valence-corrected chi connectivity index (χ0v) is 21.4. The van der Waals surface area contributed by atoms with Crippen molar-refractivity contribution in [2.24, 2.45) is 0 Å². The van der Waals surface area contributed by atoms with Gasteiger partial charge < -0.3 is 44.8 Å². The van der Waals surface area contributed by atoms with E-state index in [-0.39, 0.29) is 6.42 Å². The van der Waals surface area contributed by atoms with Crippen LogP contribution in [0.4, 0.5) is 0 Å². The van der Waals surface area contributed by atoms with Gasteiger partial charge in [0.05, 0.1) is 18.8 Å². The fourth-order valence-corrected chi connectivity index (χ4v) is 4.29. The molecule has 7 atom stereocenters. The number of hydrogen-bond acceptors (Lipinski definition) is 10. The van der Waals surface area contributed by atoms with E-state index in [1.54, 1.807) is 0 Å². The number of methoxy groups -OCH3 is 1. The molecule has 1 heterocycles. The van der Waals surface area contributed by atoms with Crippen LogP contribution >= 0.6 is 0 Å². The van der Waals surface area contributed by atoms with Crippen LogP contribution in [0, 0.1) is 0 Å². The van der Waals surface area contributed by atoms with E-state index in [2.05, 4.69) is 6.92 Å². The summed E-state index contributed by atoms with van der Waals surface area (Å²) in [6.07, 6.45) is 4.05. The number of rotatable bonds is 19. The molecule has 208 valence electrons. The number of aliphatic hydroxyl groups excluding tert-OH is 6. The third-order valence-electron chi connectivity index (χ3n) is 6.63. The third kappa shape index (κ3) is 11.0. The molecule has 0 aromatic rings. The topological polar surface area (TPSA) is 166 Å². The molecule has 1 fully saturated rings. The highest BCUT2D eigenvalue weighted by Crippen LogP contribution is 2.32. The highest BCUT2D eigenvalue weighted by Gasteiger charge is 2.57. The molecular weight excluding hydrogens is 460 g/mol. The third-order valence-corrected chi connectivity index (χ3v) is 6.63. The summed E-state index contributed by atoms with van der Waals surface area (Å²) < 4.78 is 15.4. The van der Waals surface area contributed by atoms with Crippen molar-refractivity contribution in [2.75, 3.05) is 13.7 Å². The second-order valence-corrected chi connectivity index (χ2v) is 9.54. The highest BCUT2D eigenvalue weighted by atomic mass is 16.9. The Kier molecular flexibility index (Phi) is 16.2. The number of aliphatic hydroxyl groups is 6. The van der Waals surface area contributed by atoms with Crippen molar-refractivity contribution >= 4 is 5.97 Å². The second kappa shape index (κ2) is 17.6. The van der Waals surface area contributed by atoms with Crippen molar-refractivity contribution in [1.82, 2.24) is 0 Å². The van der Waals surface area contributed by atoms with Crippen molar-refractivity contribution in [3.63, 3.8) is 0 Å². The van der Waals surface area contributed by atoms with E-state index in [1.165, 1.54) is 25.7 Å².